The van der Waals surface area contributed by atoms with Gasteiger partial charge in [-0.15, -0.1) is 0 Å². The Bertz CT molecular complexity index is 951. The molecule has 2 aromatic rings. The van der Waals surface area contributed by atoms with Crippen LogP contribution in [0, 0.1) is 11.8 Å². The molecule has 1 amide bonds. The van der Waals surface area contributed by atoms with E-state index in [9.17, 15) is 9.90 Å². The third kappa shape index (κ3) is 5.80. The Kier molecular flexibility index (Phi) is 7.43. The number of carbonyl (C=O) groups is 1. The van der Waals surface area contributed by atoms with Crippen molar-refractivity contribution < 1.29 is 19.4 Å². The molecule has 1 saturated heterocycles. The lowest BCUT2D eigenvalue weighted by Crippen LogP contribution is -2.47. The Morgan fingerprint density at radius 3 is 2.42 bits per heavy atom. The number of hydrogen-bond donors (Lipinski definition) is 1. The first-order chi connectivity index (χ1) is 16.0. The van der Waals surface area contributed by atoms with Crippen LogP contribution in [0.3, 0.4) is 0 Å². The molecule has 33 heavy (non-hydrogen) atoms. The number of methoxy groups -OCH3 is 2. The number of rotatable bonds is 9. The highest BCUT2D eigenvalue weighted by molar-refractivity contribution is 5.81. The maximum absolute atomic E-state index is 13.0. The van der Waals surface area contributed by atoms with Gasteiger partial charge < -0.3 is 19.5 Å². The second-order valence-corrected chi connectivity index (χ2v) is 9.45. The van der Waals surface area contributed by atoms with Gasteiger partial charge >= 0.3 is 0 Å². The molecule has 4 rings (SSSR count). The topological polar surface area (TPSA) is 62.2 Å². The van der Waals surface area contributed by atoms with Crippen molar-refractivity contribution in [3.8, 4) is 17.2 Å². The van der Waals surface area contributed by atoms with E-state index in [1.165, 1.54) is 5.56 Å². The van der Waals surface area contributed by atoms with E-state index in [2.05, 4.69) is 17.0 Å². The molecule has 6 heteroatoms. The normalized spacial score (nSPS) is 18.0. The van der Waals surface area contributed by atoms with E-state index in [0.717, 1.165) is 62.3 Å². The van der Waals surface area contributed by atoms with Gasteiger partial charge in [-0.2, -0.15) is 0 Å². The summed E-state index contributed by atoms with van der Waals surface area (Å²) in [6.07, 6.45) is 4.95. The molecule has 1 aliphatic heterocycles. The van der Waals surface area contributed by atoms with Gasteiger partial charge in [-0.1, -0.05) is 12.1 Å². The maximum Gasteiger partial charge on any atom is 0.225 e. The predicted octanol–water partition coefficient (Wildman–Crippen LogP) is 4.10. The van der Waals surface area contributed by atoms with Crippen LogP contribution in [0.25, 0.3) is 0 Å². The fraction of sp³-hybridized carbons (Fsp3) is 0.519. The SMILES string of the molecule is COc1cccc(C[C@@H](C2CCN(Cc3cc(OC)ccc3O)CC2)N(C)C(=O)C2CC2)c1. The van der Waals surface area contributed by atoms with Crippen molar-refractivity contribution in [2.24, 2.45) is 11.8 Å². The van der Waals surface area contributed by atoms with Crippen LogP contribution in [-0.2, 0) is 17.8 Å². The lowest BCUT2D eigenvalue weighted by atomic mass is 9.84. The number of nitrogens with zero attached hydrogens (tertiary/aromatic N) is 2. The number of hydrogen-bond acceptors (Lipinski definition) is 5. The standard InChI is InChI=1S/C27H36N2O4/c1-28(27(31)21-7-8-21)25(16-19-5-4-6-23(15-19)32-2)20-11-13-29(14-12-20)18-22-17-24(33-3)9-10-26(22)30/h4-6,9-10,15,17,20-21,25,30H,7-8,11-14,16,18H2,1-3H3/t25-/m0/s1. The second-order valence-electron chi connectivity index (χ2n) is 9.45. The third-order valence-corrected chi connectivity index (χ3v) is 7.21. The summed E-state index contributed by atoms with van der Waals surface area (Å²) in [7, 11) is 5.32. The van der Waals surface area contributed by atoms with Crippen LogP contribution in [0.1, 0.15) is 36.8 Å². The van der Waals surface area contributed by atoms with Gasteiger partial charge in [0.05, 0.1) is 14.2 Å². The first-order valence-corrected chi connectivity index (χ1v) is 12.0. The lowest BCUT2D eigenvalue weighted by Gasteiger charge is -2.40. The zero-order valence-electron chi connectivity index (χ0n) is 20.0. The van der Waals surface area contributed by atoms with Crippen molar-refractivity contribution in [1.82, 2.24) is 9.80 Å². The van der Waals surface area contributed by atoms with E-state index >= 15 is 0 Å². The Morgan fingerprint density at radius 2 is 1.76 bits per heavy atom. The smallest absolute Gasteiger partial charge is 0.225 e. The first kappa shape index (κ1) is 23.4. The largest absolute Gasteiger partial charge is 0.508 e. The van der Waals surface area contributed by atoms with Crippen molar-refractivity contribution in [3.63, 3.8) is 0 Å². The van der Waals surface area contributed by atoms with E-state index in [0.29, 0.717) is 24.1 Å². The summed E-state index contributed by atoms with van der Waals surface area (Å²) in [5, 5.41) is 10.3. The highest BCUT2D eigenvalue weighted by Crippen LogP contribution is 2.35. The molecule has 0 spiro atoms. The van der Waals surface area contributed by atoms with Gasteiger partial charge in [0.15, 0.2) is 0 Å². The van der Waals surface area contributed by atoms with Crippen molar-refractivity contribution >= 4 is 5.91 Å². The first-order valence-electron chi connectivity index (χ1n) is 12.0. The molecule has 2 aliphatic rings. The van der Waals surface area contributed by atoms with Crippen molar-refractivity contribution in [3.05, 3.63) is 53.6 Å². The summed E-state index contributed by atoms with van der Waals surface area (Å²) in [5.41, 5.74) is 2.10. The van der Waals surface area contributed by atoms with E-state index < -0.39 is 0 Å². The number of phenolic OH excluding ortho intramolecular Hbond substituents is 1. The fourth-order valence-corrected chi connectivity index (χ4v) is 4.99. The number of phenols is 1. The van der Waals surface area contributed by atoms with Crippen LogP contribution in [0.15, 0.2) is 42.5 Å². The highest BCUT2D eigenvalue weighted by Gasteiger charge is 2.38. The van der Waals surface area contributed by atoms with Gasteiger partial charge in [0.2, 0.25) is 5.91 Å². The minimum atomic E-state index is 0.178. The second kappa shape index (κ2) is 10.5. The van der Waals surface area contributed by atoms with Gasteiger partial charge in [0, 0.05) is 31.1 Å². The predicted molar refractivity (Wildman–Crippen MR) is 129 cm³/mol. The number of likely N-dealkylation sites (N-methyl/N-ethyl adjacent to an activating group) is 1. The van der Waals surface area contributed by atoms with E-state index in [-0.39, 0.29) is 12.0 Å². The minimum absolute atomic E-state index is 0.178. The number of ether oxygens (including phenoxy) is 2. The Balaban J connectivity index is 1.43. The quantitative estimate of drug-likeness (QED) is 0.621. The summed E-state index contributed by atoms with van der Waals surface area (Å²) < 4.78 is 10.7. The summed E-state index contributed by atoms with van der Waals surface area (Å²) >= 11 is 0. The monoisotopic (exact) mass is 452 g/mol. The summed E-state index contributed by atoms with van der Waals surface area (Å²) in [4.78, 5) is 17.4. The van der Waals surface area contributed by atoms with Crippen molar-refractivity contribution in [2.75, 3.05) is 34.4 Å². The number of piperidine rings is 1. The average molecular weight is 453 g/mol. The molecule has 2 aromatic carbocycles. The summed E-state index contributed by atoms with van der Waals surface area (Å²) in [5.74, 6) is 2.89. The maximum atomic E-state index is 13.0. The minimum Gasteiger partial charge on any atom is -0.508 e. The van der Waals surface area contributed by atoms with Crippen LogP contribution < -0.4 is 9.47 Å². The molecule has 1 aliphatic carbocycles. The molecule has 1 heterocycles. The molecule has 0 bridgehead atoms. The van der Waals surface area contributed by atoms with Crippen LogP contribution in [0.5, 0.6) is 17.2 Å². The fourth-order valence-electron chi connectivity index (χ4n) is 4.99. The molecular weight excluding hydrogens is 416 g/mol. The van der Waals surface area contributed by atoms with Crippen LogP contribution >= 0.6 is 0 Å². The number of likely N-dealkylation sites (tertiary alicyclic amines) is 1. The molecule has 0 radical (unpaired) electrons. The van der Waals surface area contributed by atoms with Gasteiger partial charge in [-0.25, -0.2) is 0 Å². The molecule has 1 N–H and O–H groups in total. The third-order valence-electron chi connectivity index (χ3n) is 7.21. The van der Waals surface area contributed by atoms with Crippen LogP contribution in [0.4, 0.5) is 0 Å². The van der Waals surface area contributed by atoms with Crippen molar-refractivity contribution in [1.29, 1.82) is 0 Å². The number of amides is 1. The molecule has 0 aromatic heterocycles. The van der Waals surface area contributed by atoms with E-state index in [1.54, 1.807) is 26.4 Å². The van der Waals surface area contributed by atoms with Gasteiger partial charge in [0.1, 0.15) is 17.2 Å². The molecule has 1 saturated carbocycles. The molecule has 0 unspecified atom stereocenters. The van der Waals surface area contributed by atoms with E-state index in [1.807, 2.05) is 30.1 Å². The zero-order chi connectivity index (χ0) is 23.4. The van der Waals surface area contributed by atoms with Crippen LogP contribution in [-0.4, -0.2) is 61.2 Å². The van der Waals surface area contributed by atoms with Gasteiger partial charge in [-0.3, -0.25) is 9.69 Å². The summed E-state index contributed by atoms with van der Waals surface area (Å²) in [6.45, 7) is 2.59. The number of benzene rings is 2. The molecule has 1 atom stereocenters. The Morgan fingerprint density at radius 1 is 1.06 bits per heavy atom. The number of carbonyl (C=O) groups excluding carboxylic acids is 1. The highest BCUT2D eigenvalue weighted by atomic mass is 16.5. The Hall–Kier alpha value is -2.73. The molecule has 178 valence electrons. The van der Waals surface area contributed by atoms with E-state index in [4.69, 9.17) is 9.47 Å². The summed E-state index contributed by atoms with van der Waals surface area (Å²) in [6, 6.07) is 13.8. The Labute approximate surface area is 197 Å². The van der Waals surface area contributed by atoms with Crippen LogP contribution in [0.2, 0.25) is 0 Å². The van der Waals surface area contributed by atoms with Crippen molar-refractivity contribution in [2.45, 2.75) is 44.7 Å². The van der Waals surface area contributed by atoms with Gasteiger partial charge in [-0.05, 0) is 87.0 Å². The average Bonchev–Trinajstić information content (AvgIpc) is 3.69. The van der Waals surface area contributed by atoms with Gasteiger partial charge in [0.25, 0.3) is 0 Å². The number of aromatic hydroxyl groups is 1. The molecule has 2 fully saturated rings. The molecular formula is C27H36N2O4. The molecule has 6 nitrogen and oxygen atoms in total. The lowest BCUT2D eigenvalue weighted by molar-refractivity contribution is -0.134. The zero-order valence-corrected chi connectivity index (χ0v) is 20.0.